The van der Waals surface area contributed by atoms with Crippen molar-refractivity contribution >= 4 is 17.6 Å². The maximum absolute atomic E-state index is 13.3. The molecule has 2 heterocycles. The van der Waals surface area contributed by atoms with Gasteiger partial charge in [0.05, 0.1) is 6.04 Å². The molecule has 2 fully saturated rings. The van der Waals surface area contributed by atoms with E-state index in [-0.39, 0.29) is 18.0 Å². The van der Waals surface area contributed by atoms with Crippen molar-refractivity contribution in [2.75, 3.05) is 44.7 Å². The summed E-state index contributed by atoms with van der Waals surface area (Å²) < 4.78 is 0. The van der Waals surface area contributed by atoms with Crippen LogP contribution < -0.4 is 10.2 Å². The van der Waals surface area contributed by atoms with Gasteiger partial charge in [0.15, 0.2) is 0 Å². The first-order chi connectivity index (χ1) is 13.1. The van der Waals surface area contributed by atoms with E-state index in [1.54, 1.807) is 4.90 Å². The van der Waals surface area contributed by atoms with Crippen LogP contribution in [0.4, 0.5) is 10.5 Å². The second kappa shape index (κ2) is 7.40. The van der Waals surface area contributed by atoms with Gasteiger partial charge in [-0.05, 0) is 30.8 Å². The van der Waals surface area contributed by atoms with E-state index in [2.05, 4.69) is 29.4 Å². The van der Waals surface area contributed by atoms with Crippen LogP contribution in [0.2, 0.25) is 0 Å². The number of piperazine rings is 1. The van der Waals surface area contributed by atoms with Gasteiger partial charge in [-0.3, -0.25) is 9.69 Å². The smallest absolute Gasteiger partial charge is 0.321 e. The molecular formula is C21H24N4O2. The molecule has 0 saturated carbocycles. The number of nitrogens with zero attached hydrogens (tertiary/aromatic N) is 3. The molecule has 27 heavy (non-hydrogen) atoms. The van der Waals surface area contributed by atoms with E-state index in [0.29, 0.717) is 25.2 Å². The number of likely N-dealkylation sites (N-methyl/N-ethyl adjacent to an activating group) is 1. The van der Waals surface area contributed by atoms with Crippen molar-refractivity contribution in [2.24, 2.45) is 0 Å². The Labute approximate surface area is 159 Å². The van der Waals surface area contributed by atoms with Crippen LogP contribution in [-0.4, -0.2) is 61.5 Å². The normalized spacial score (nSPS) is 20.6. The quantitative estimate of drug-likeness (QED) is 0.910. The van der Waals surface area contributed by atoms with E-state index in [1.165, 1.54) is 0 Å². The third-order valence-corrected chi connectivity index (χ3v) is 5.29. The van der Waals surface area contributed by atoms with Crippen molar-refractivity contribution in [3.8, 4) is 0 Å². The highest BCUT2D eigenvalue weighted by Gasteiger charge is 2.31. The summed E-state index contributed by atoms with van der Waals surface area (Å²) in [5.74, 6) is 0.0124. The molecule has 140 valence electrons. The predicted molar refractivity (Wildman–Crippen MR) is 105 cm³/mol. The van der Waals surface area contributed by atoms with Gasteiger partial charge < -0.3 is 15.1 Å². The van der Waals surface area contributed by atoms with E-state index in [0.717, 1.165) is 24.3 Å². The summed E-state index contributed by atoms with van der Waals surface area (Å²) in [4.78, 5) is 31.2. The maximum atomic E-state index is 13.3. The molecule has 4 rings (SSSR count). The Balaban J connectivity index is 1.62. The predicted octanol–water partition coefficient (Wildman–Crippen LogP) is 2.35. The average Bonchev–Trinajstić information content (AvgIpc) is 3.14. The number of urea groups is 1. The highest BCUT2D eigenvalue weighted by Crippen LogP contribution is 2.27. The summed E-state index contributed by atoms with van der Waals surface area (Å²) in [7, 11) is 2.09. The number of benzene rings is 2. The van der Waals surface area contributed by atoms with E-state index in [4.69, 9.17) is 0 Å². The Bertz CT molecular complexity index is 839. The fourth-order valence-corrected chi connectivity index (χ4v) is 3.81. The lowest BCUT2D eigenvalue weighted by molar-refractivity contribution is 0.0498. The zero-order valence-corrected chi connectivity index (χ0v) is 15.5. The number of amides is 3. The summed E-state index contributed by atoms with van der Waals surface area (Å²) in [5.41, 5.74) is 2.53. The fraction of sp³-hybridized carbons (Fsp3) is 0.333. The van der Waals surface area contributed by atoms with E-state index in [1.807, 2.05) is 47.4 Å². The first kappa shape index (κ1) is 17.5. The number of carbonyl (C=O) groups is 2. The standard InChI is InChI=1S/C21H24N4O2/c1-23-12-13-25(19(15-23)16-6-3-2-4-7-16)20(26)17-8-5-9-18(14-17)24-11-10-22-21(24)27/h2-9,14,19H,10-13,15H2,1H3,(H,22,27)/t19-/m1/s1. The first-order valence-corrected chi connectivity index (χ1v) is 9.33. The van der Waals surface area contributed by atoms with Crippen molar-refractivity contribution in [3.05, 3.63) is 65.7 Å². The fourth-order valence-electron chi connectivity index (χ4n) is 3.81. The maximum Gasteiger partial charge on any atom is 0.321 e. The molecular weight excluding hydrogens is 340 g/mol. The molecule has 6 nitrogen and oxygen atoms in total. The molecule has 2 aliphatic rings. The summed E-state index contributed by atoms with van der Waals surface area (Å²) >= 11 is 0. The highest BCUT2D eigenvalue weighted by molar-refractivity contribution is 5.98. The molecule has 3 amide bonds. The number of hydrogen-bond donors (Lipinski definition) is 1. The molecule has 2 saturated heterocycles. The van der Waals surface area contributed by atoms with Gasteiger partial charge in [0.2, 0.25) is 0 Å². The molecule has 1 N–H and O–H groups in total. The van der Waals surface area contributed by atoms with Crippen LogP contribution in [0.1, 0.15) is 22.0 Å². The summed E-state index contributed by atoms with van der Waals surface area (Å²) in [6.07, 6.45) is 0. The average molecular weight is 364 g/mol. The van der Waals surface area contributed by atoms with Crippen molar-refractivity contribution in [2.45, 2.75) is 6.04 Å². The van der Waals surface area contributed by atoms with Gasteiger partial charge in [-0.15, -0.1) is 0 Å². The van der Waals surface area contributed by atoms with E-state index >= 15 is 0 Å². The van der Waals surface area contributed by atoms with Crippen molar-refractivity contribution in [3.63, 3.8) is 0 Å². The minimum atomic E-state index is -0.110. The van der Waals surface area contributed by atoms with Gasteiger partial charge in [0.1, 0.15) is 0 Å². The van der Waals surface area contributed by atoms with Crippen LogP contribution in [0.3, 0.4) is 0 Å². The number of rotatable bonds is 3. The Kier molecular flexibility index (Phi) is 4.81. The Morgan fingerprint density at radius 1 is 1.04 bits per heavy atom. The largest absolute Gasteiger partial charge is 0.336 e. The Morgan fingerprint density at radius 2 is 1.85 bits per heavy atom. The van der Waals surface area contributed by atoms with Gasteiger partial charge in [0, 0.05) is 44.0 Å². The van der Waals surface area contributed by atoms with Crippen LogP contribution in [0.15, 0.2) is 54.6 Å². The number of hydrogen-bond acceptors (Lipinski definition) is 3. The highest BCUT2D eigenvalue weighted by atomic mass is 16.2. The summed E-state index contributed by atoms with van der Waals surface area (Å²) in [6, 6.07) is 17.5. The molecule has 1 atom stereocenters. The molecule has 0 bridgehead atoms. The SMILES string of the molecule is CN1CCN(C(=O)c2cccc(N3CCNC3=O)c2)[C@@H](c2ccccc2)C1. The molecule has 2 aromatic rings. The van der Waals surface area contributed by atoms with Crippen LogP contribution >= 0.6 is 0 Å². The van der Waals surface area contributed by atoms with Gasteiger partial charge >= 0.3 is 6.03 Å². The molecule has 0 unspecified atom stereocenters. The number of nitrogens with one attached hydrogen (secondary N) is 1. The molecule has 2 aromatic carbocycles. The minimum absolute atomic E-state index is 0.0124. The lowest BCUT2D eigenvalue weighted by Crippen LogP contribution is -2.49. The van der Waals surface area contributed by atoms with E-state index in [9.17, 15) is 9.59 Å². The Hall–Kier alpha value is -2.86. The lowest BCUT2D eigenvalue weighted by atomic mass is 10.0. The topological polar surface area (TPSA) is 55.9 Å². The monoisotopic (exact) mass is 364 g/mol. The summed E-state index contributed by atoms with van der Waals surface area (Å²) in [5, 5.41) is 2.80. The molecule has 0 aromatic heterocycles. The minimum Gasteiger partial charge on any atom is -0.336 e. The van der Waals surface area contributed by atoms with Gasteiger partial charge in [-0.25, -0.2) is 4.79 Å². The second-order valence-electron chi connectivity index (χ2n) is 7.12. The van der Waals surface area contributed by atoms with Crippen LogP contribution in [0, 0.1) is 0 Å². The van der Waals surface area contributed by atoms with Crippen molar-refractivity contribution in [1.82, 2.24) is 15.1 Å². The second-order valence-corrected chi connectivity index (χ2v) is 7.12. The zero-order valence-electron chi connectivity index (χ0n) is 15.5. The third kappa shape index (κ3) is 3.53. The molecule has 0 aliphatic carbocycles. The van der Waals surface area contributed by atoms with Crippen molar-refractivity contribution < 1.29 is 9.59 Å². The van der Waals surface area contributed by atoms with Crippen LogP contribution in [-0.2, 0) is 0 Å². The molecule has 0 radical (unpaired) electrons. The summed E-state index contributed by atoms with van der Waals surface area (Å²) in [6.45, 7) is 3.60. The van der Waals surface area contributed by atoms with Gasteiger partial charge in [-0.1, -0.05) is 36.4 Å². The van der Waals surface area contributed by atoms with Crippen molar-refractivity contribution in [1.29, 1.82) is 0 Å². The lowest BCUT2D eigenvalue weighted by Gasteiger charge is -2.40. The van der Waals surface area contributed by atoms with E-state index < -0.39 is 0 Å². The van der Waals surface area contributed by atoms with Crippen LogP contribution in [0.25, 0.3) is 0 Å². The van der Waals surface area contributed by atoms with Crippen LogP contribution in [0.5, 0.6) is 0 Å². The first-order valence-electron chi connectivity index (χ1n) is 9.33. The molecule has 0 spiro atoms. The van der Waals surface area contributed by atoms with Gasteiger partial charge in [0.25, 0.3) is 5.91 Å². The zero-order chi connectivity index (χ0) is 18.8. The number of carbonyl (C=O) groups excluding carboxylic acids is 2. The number of anilines is 1. The molecule has 2 aliphatic heterocycles. The van der Waals surface area contributed by atoms with Gasteiger partial charge in [-0.2, -0.15) is 0 Å². The Morgan fingerprint density at radius 3 is 2.59 bits per heavy atom. The molecule has 6 heteroatoms. The third-order valence-electron chi connectivity index (χ3n) is 5.29.